The van der Waals surface area contributed by atoms with Crippen molar-refractivity contribution in [3.8, 4) is 11.5 Å². The molecule has 0 aliphatic rings. The number of nitrogens with two attached hydrogens (primary N) is 1. The van der Waals surface area contributed by atoms with E-state index in [-0.39, 0.29) is 6.04 Å². The van der Waals surface area contributed by atoms with Gasteiger partial charge in [-0.05, 0) is 61.7 Å². The second kappa shape index (κ2) is 7.01. The van der Waals surface area contributed by atoms with Crippen LogP contribution in [-0.4, -0.2) is 14.2 Å². The van der Waals surface area contributed by atoms with E-state index in [1.165, 1.54) is 0 Å². The van der Waals surface area contributed by atoms with Crippen LogP contribution >= 0.6 is 43.5 Å². The van der Waals surface area contributed by atoms with Gasteiger partial charge in [0, 0.05) is 10.6 Å². The molecule has 0 fully saturated rings. The van der Waals surface area contributed by atoms with Gasteiger partial charge >= 0.3 is 0 Å². The molecule has 0 saturated heterocycles. The summed E-state index contributed by atoms with van der Waals surface area (Å²) in [6.07, 6.45) is 0. The van der Waals surface area contributed by atoms with Crippen LogP contribution in [0, 0.1) is 0 Å². The van der Waals surface area contributed by atoms with E-state index in [1.54, 1.807) is 20.3 Å². The normalized spacial score (nSPS) is 12.1. The summed E-state index contributed by atoms with van der Waals surface area (Å²) in [5.74, 6) is 1.43. The fraction of sp³-hybridized carbons (Fsp3) is 0.200. The van der Waals surface area contributed by atoms with Gasteiger partial charge in [-0.2, -0.15) is 0 Å². The molecule has 112 valence electrons. The smallest absolute Gasteiger partial charge is 0.138 e. The Bertz CT molecular complexity index is 664. The number of halogens is 3. The number of ether oxygens (including phenoxy) is 2. The maximum Gasteiger partial charge on any atom is 0.138 e. The highest BCUT2D eigenvalue weighted by atomic mass is 79.9. The third-order valence-electron chi connectivity index (χ3n) is 3.11. The molecule has 0 radical (unpaired) electrons. The zero-order valence-corrected chi connectivity index (χ0v) is 15.4. The molecule has 2 rings (SSSR count). The standard InChI is InChI=1S/C15H14Br2ClNO2/c1-20-13-4-3-8(5-11(13)16)14(19)10-6-9(18)7-12(17)15(10)21-2/h3-7,14H,19H2,1-2H3. The van der Waals surface area contributed by atoms with Gasteiger partial charge in [-0.15, -0.1) is 0 Å². The first kappa shape index (κ1) is 16.6. The van der Waals surface area contributed by atoms with E-state index in [4.69, 9.17) is 26.8 Å². The molecule has 1 unspecified atom stereocenters. The quantitative estimate of drug-likeness (QED) is 0.741. The first-order valence-corrected chi connectivity index (χ1v) is 8.06. The van der Waals surface area contributed by atoms with E-state index in [0.717, 1.165) is 25.8 Å². The second-order valence-electron chi connectivity index (χ2n) is 4.38. The number of benzene rings is 2. The number of hydrogen-bond donors (Lipinski definition) is 1. The van der Waals surface area contributed by atoms with Crippen LogP contribution in [0.3, 0.4) is 0 Å². The molecule has 0 aromatic heterocycles. The maximum atomic E-state index is 6.37. The van der Waals surface area contributed by atoms with Gasteiger partial charge in [0.25, 0.3) is 0 Å². The van der Waals surface area contributed by atoms with Crippen molar-refractivity contribution in [3.63, 3.8) is 0 Å². The Morgan fingerprint density at radius 2 is 1.76 bits per heavy atom. The van der Waals surface area contributed by atoms with Gasteiger partial charge in [0.15, 0.2) is 0 Å². The molecule has 0 aliphatic heterocycles. The molecule has 0 heterocycles. The van der Waals surface area contributed by atoms with E-state index in [1.807, 2.05) is 24.3 Å². The topological polar surface area (TPSA) is 44.5 Å². The van der Waals surface area contributed by atoms with Crippen LogP contribution in [0.4, 0.5) is 0 Å². The summed E-state index contributed by atoms with van der Waals surface area (Å²) < 4.78 is 12.3. The fourth-order valence-electron chi connectivity index (χ4n) is 2.08. The first-order chi connectivity index (χ1) is 9.97. The SMILES string of the molecule is COc1ccc(C(N)c2cc(Cl)cc(Br)c2OC)cc1Br. The summed E-state index contributed by atoms with van der Waals surface area (Å²) in [5, 5.41) is 0.598. The average molecular weight is 436 g/mol. The van der Waals surface area contributed by atoms with Crippen LogP contribution in [0.25, 0.3) is 0 Å². The molecule has 2 aromatic rings. The van der Waals surface area contributed by atoms with E-state index in [9.17, 15) is 0 Å². The van der Waals surface area contributed by atoms with Gasteiger partial charge in [0.05, 0.1) is 29.2 Å². The molecule has 21 heavy (non-hydrogen) atoms. The minimum Gasteiger partial charge on any atom is -0.496 e. The lowest BCUT2D eigenvalue weighted by atomic mass is 9.98. The van der Waals surface area contributed by atoms with Crippen molar-refractivity contribution in [2.75, 3.05) is 14.2 Å². The maximum absolute atomic E-state index is 6.37. The van der Waals surface area contributed by atoms with Crippen molar-refractivity contribution in [3.05, 3.63) is 55.4 Å². The van der Waals surface area contributed by atoms with Gasteiger partial charge < -0.3 is 15.2 Å². The molecule has 6 heteroatoms. The van der Waals surface area contributed by atoms with Crippen molar-refractivity contribution in [1.29, 1.82) is 0 Å². The highest BCUT2D eigenvalue weighted by Gasteiger charge is 2.18. The van der Waals surface area contributed by atoms with Gasteiger partial charge in [0.2, 0.25) is 0 Å². The van der Waals surface area contributed by atoms with Crippen molar-refractivity contribution >= 4 is 43.5 Å². The van der Waals surface area contributed by atoms with Crippen LogP contribution < -0.4 is 15.2 Å². The molecule has 2 aromatic carbocycles. The molecule has 0 aliphatic carbocycles. The fourth-order valence-corrected chi connectivity index (χ4v) is 3.64. The van der Waals surface area contributed by atoms with Crippen molar-refractivity contribution in [1.82, 2.24) is 0 Å². The highest BCUT2D eigenvalue weighted by molar-refractivity contribution is 9.10. The molecule has 0 saturated carbocycles. The van der Waals surface area contributed by atoms with E-state index < -0.39 is 0 Å². The summed E-state index contributed by atoms with van der Waals surface area (Å²) in [4.78, 5) is 0. The molecule has 3 nitrogen and oxygen atoms in total. The van der Waals surface area contributed by atoms with Crippen LogP contribution in [0.15, 0.2) is 39.3 Å². The lowest BCUT2D eigenvalue weighted by Crippen LogP contribution is -2.13. The Labute approximate surface area is 145 Å². The third-order valence-corrected chi connectivity index (χ3v) is 4.54. The van der Waals surface area contributed by atoms with E-state index >= 15 is 0 Å². The number of hydrogen-bond acceptors (Lipinski definition) is 3. The third kappa shape index (κ3) is 3.54. The van der Waals surface area contributed by atoms with Crippen molar-refractivity contribution < 1.29 is 9.47 Å². The minimum absolute atomic E-state index is 0.364. The summed E-state index contributed by atoms with van der Waals surface area (Å²) >= 11 is 13.0. The Morgan fingerprint density at radius 3 is 2.33 bits per heavy atom. The Morgan fingerprint density at radius 1 is 1.05 bits per heavy atom. The molecule has 1 atom stereocenters. The van der Waals surface area contributed by atoms with Crippen molar-refractivity contribution in [2.24, 2.45) is 5.73 Å². The predicted octanol–water partition coefficient (Wildman–Crippen LogP) is 4.93. The zero-order chi connectivity index (χ0) is 15.6. The monoisotopic (exact) mass is 433 g/mol. The van der Waals surface area contributed by atoms with Crippen molar-refractivity contribution in [2.45, 2.75) is 6.04 Å². The summed E-state index contributed by atoms with van der Waals surface area (Å²) in [7, 11) is 3.23. The van der Waals surface area contributed by atoms with Gasteiger partial charge in [-0.3, -0.25) is 0 Å². The largest absolute Gasteiger partial charge is 0.496 e. The molecule has 2 N–H and O–H groups in total. The second-order valence-corrected chi connectivity index (χ2v) is 6.53. The predicted molar refractivity (Wildman–Crippen MR) is 92.4 cm³/mol. The Kier molecular flexibility index (Phi) is 5.54. The molecule has 0 spiro atoms. The summed E-state index contributed by atoms with van der Waals surface area (Å²) in [5.41, 5.74) is 8.11. The lowest BCUT2D eigenvalue weighted by Gasteiger charge is -2.18. The van der Waals surface area contributed by atoms with Crippen LogP contribution in [0.5, 0.6) is 11.5 Å². The average Bonchev–Trinajstić information content (AvgIpc) is 2.45. The number of methoxy groups -OCH3 is 2. The highest BCUT2D eigenvalue weighted by Crippen LogP contribution is 2.38. The molecular formula is C15H14Br2ClNO2. The van der Waals surface area contributed by atoms with Gasteiger partial charge in [-0.25, -0.2) is 0 Å². The van der Waals surface area contributed by atoms with Gasteiger partial charge in [-0.1, -0.05) is 17.7 Å². The summed E-state index contributed by atoms with van der Waals surface area (Å²) in [6.45, 7) is 0. The Hall–Kier alpha value is -0.750. The van der Waals surface area contributed by atoms with Crippen LogP contribution in [-0.2, 0) is 0 Å². The lowest BCUT2D eigenvalue weighted by molar-refractivity contribution is 0.405. The van der Waals surface area contributed by atoms with E-state index in [0.29, 0.717) is 10.8 Å². The number of rotatable bonds is 4. The molecular weight excluding hydrogens is 421 g/mol. The van der Waals surface area contributed by atoms with Crippen LogP contribution in [0.1, 0.15) is 17.2 Å². The molecule has 0 amide bonds. The van der Waals surface area contributed by atoms with E-state index in [2.05, 4.69) is 31.9 Å². The Balaban J connectivity index is 2.49. The molecule has 0 bridgehead atoms. The minimum atomic E-state index is -0.364. The zero-order valence-electron chi connectivity index (χ0n) is 11.5. The summed E-state index contributed by atoms with van der Waals surface area (Å²) in [6, 6.07) is 8.94. The van der Waals surface area contributed by atoms with Crippen LogP contribution in [0.2, 0.25) is 5.02 Å². The first-order valence-electron chi connectivity index (χ1n) is 6.10. The van der Waals surface area contributed by atoms with Gasteiger partial charge in [0.1, 0.15) is 11.5 Å².